The second-order valence-corrected chi connectivity index (χ2v) is 9.18. The number of benzene rings is 1. The van der Waals surface area contributed by atoms with Crippen molar-refractivity contribution in [3.63, 3.8) is 0 Å². The van der Waals surface area contributed by atoms with Crippen LogP contribution < -0.4 is 11.1 Å². The zero-order chi connectivity index (χ0) is 21.0. The zero-order valence-electron chi connectivity index (χ0n) is 18.3. The van der Waals surface area contributed by atoms with Crippen molar-refractivity contribution in [2.45, 2.75) is 43.9 Å². The third kappa shape index (κ3) is 4.27. The van der Waals surface area contributed by atoms with Crippen molar-refractivity contribution >= 4 is 5.91 Å². The Kier molecular flexibility index (Phi) is 6.47. The molecular formula is C25H36N4O. The molecule has 4 rings (SSSR count). The van der Waals surface area contributed by atoms with Gasteiger partial charge in [-0.3, -0.25) is 9.69 Å². The van der Waals surface area contributed by atoms with Gasteiger partial charge in [-0.15, -0.1) is 0 Å². The Morgan fingerprint density at radius 3 is 2.60 bits per heavy atom. The number of carbonyl (C=O) groups is 1. The summed E-state index contributed by atoms with van der Waals surface area (Å²) in [6, 6.07) is 8.95. The van der Waals surface area contributed by atoms with Gasteiger partial charge in [0.1, 0.15) is 0 Å². The van der Waals surface area contributed by atoms with Gasteiger partial charge in [0.05, 0.1) is 0 Å². The molecule has 2 heterocycles. The molecule has 0 aromatic heterocycles. The second kappa shape index (κ2) is 9.25. The van der Waals surface area contributed by atoms with Gasteiger partial charge in [-0.2, -0.15) is 0 Å². The van der Waals surface area contributed by atoms with Gasteiger partial charge in [0.2, 0.25) is 5.91 Å². The van der Waals surface area contributed by atoms with Gasteiger partial charge in [-0.25, -0.2) is 0 Å². The fourth-order valence-corrected chi connectivity index (χ4v) is 5.64. The van der Waals surface area contributed by atoms with Crippen molar-refractivity contribution in [2.75, 3.05) is 39.8 Å². The van der Waals surface area contributed by atoms with Crippen LogP contribution in [0.2, 0.25) is 0 Å². The quantitative estimate of drug-likeness (QED) is 0.736. The van der Waals surface area contributed by atoms with Crippen molar-refractivity contribution in [3.05, 3.63) is 59.4 Å². The molecule has 3 N–H and O–H groups in total. The number of rotatable bonds is 5. The first-order valence-corrected chi connectivity index (χ1v) is 11.5. The smallest absolute Gasteiger partial charge is 0.225 e. The van der Waals surface area contributed by atoms with Gasteiger partial charge in [-0.1, -0.05) is 24.3 Å². The number of hydrogen-bond acceptors (Lipinski definition) is 4. The van der Waals surface area contributed by atoms with E-state index < -0.39 is 0 Å². The predicted octanol–water partition coefficient (Wildman–Crippen LogP) is 2.78. The lowest BCUT2D eigenvalue weighted by Crippen LogP contribution is -2.48. The van der Waals surface area contributed by atoms with Crippen LogP contribution in [0, 0.1) is 5.92 Å². The van der Waals surface area contributed by atoms with Crippen LogP contribution in [0.3, 0.4) is 0 Å². The summed E-state index contributed by atoms with van der Waals surface area (Å²) in [5.74, 6) is 0.574. The highest BCUT2D eigenvalue weighted by Gasteiger charge is 2.42. The summed E-state index contributed by atoms with van der Waals surface area (Å²) in [4.78, 5) is 17.8. The number of likely N-dealkylation sites (tertiary alicyclic amines) is 2. The molecule has 1 amide bonds. The number of piperidine rings is 2. The summed E-state index contributed by atoms with van der Waals surface area (Å²) >= 11 is 0. The molecule has 2 fully saturated rings. The number of fused-ring (bicyclic) bond motifs is 2. The van der Waals surface area contributed by atoms with Crippen LogP contribution in [-0.2, 0) is 16.6 Å². The summed E-state index contributed by atoms with van der Waals surface area (Å²) in [6.45, 7) is 4.62. The molecule has 1 spiro atoms. The molecule has 0 radical (unpaired) electrons. The topological polar surface area (TPSA) is 61.6 Å². The summed E-state index contributed by atoms with van der Waals surface area (Å²) in [5, 5.41) is 3.01. The van der Waals surface area contributed by atoms with E-state index in [9.17, 15) is 4.79 Å². The average Bonchev–Trinajstić information content (AvgIpc) is 3.15. The van der Waals surface area contributed by atoms with E-state index in [1.807, 2.05) is 19.3 Å². The third-order valence-electron chi connectivity index (χ3n) is 7.51. The lowest BCUT2D eigenvalue weighted by Gasteiger charge is -2.42. The highest BCUT2D eigenvalue weighted by Crippen LogP contribution is 2.46. The molecule has 2 aliphatic heterocycles. The largest absolute Gasteiger partial charge is 0.404 e. The van der Waals surface area contributed by atoms with E-state index in [1.165, 1.54) is 18.4 Å². The van der Waals surface area contributed by atoms with Gasteiger partial charge in [0.25, 0.3) is 0 Å². The molecule has 0 unspecified atom stereocenters. The van der Waals surface area contributed by atoms with Gasteiger partial charge in [0, 0.05) is 32.6 Å². The van der Waals surface area contributed by atoms with Gasteiger partial charge in [0.15, 0.2) is 0 Å². The van der Waals surface area contributed by atoms with E-state index in [4.69, 9.17) is 5.73 Å². The number of amides is 1. The van der Waals surface area contributed by atoms with Crippen molar-refractivity contribution in [3.8, 4) is 0 Å². The molecule has 162 valence electrons. The van der Waals surface area contributed by atoms with Crippen LogP contribution in [0.4, 0.5) is 0 Å². The average molecular weight is 409 g/mol. The fourth-order valence-electron chi connectivity index (χ4n) is 5.64. The first-order chi connectivity index (χ1) is 14.6. The minimum absolute atomic E-state index is 0.185. The Balaban J connectivity index is 1.27. The van der Waals surface area contributed by atoms with Crippen LogP contribution >= 0.6 is 0 Å². The predicted molar refractivity (Wildman–Crippen MR) is 122 cm³/mol. The van der Waals surface area contributed by atoms with E-state index in [0.29, 0.717) is 11.3 Å². The molecule has 0 saturated carbocycles. The summed E-state index contributed by atoms with van der Waals surface area (Å²) in [7, 11) is 1.88. The van der Waals surface area contributed by atoms with Crippen LogP contribution in [0.5, 0.6) is 0 Å². The lowest BCUT2D eigenvalue weighted by molar-refractivity contribution is -0.138. The maximum Gasteiger partial charge on any atom is 0.225 e. The summed E-state index contributed by atoms with van der Waals surface area (Å²) in [6.07, 6.45) is 12.2. The minimum Gasteiger partial charge on any atom is -0.404 e. The van der Waals surface area contributed by atoms with E-state index in [-0.39, 0.29) is 5.92 Å². The number of nitrogens with one attached hydrogen (secondary N) is 1. The number of nitrogens with zero attached hydrogens (tertiary/aromatic N) is 2. The number of carbonyl (C=O) groups excluding carboxylic acids is 1. The molecule has 1 aliphatic carbocycles. The van der Waals surface area contributed by atoms with E-state index >= 15 is 0 Å². The molecule has 3 aliphatic rings. The monoisotopic (exact) mass is 408 g/mol. The van der Waals surface area contributed by atoms with Crippen molar-refractivity contribution in [1.29, 1.82) is 0 Å². The van der Waals surface area contributed by atoms with Crippen molar-refractivity contribution in [2.24, 2.45) is 11.7 Å². The summed E-state index contributed by atoms with van der Waals surface area (Å²) < 4.78 is 0. The lowest BCUT2D eigenvalue weighted by atomic mass is 9.73. The standard InChI is InChI=1S/C25H36N4O/c1-27-13-7-20(18-26)19-28-14-8-22(9-15-28)24(30)29-16-11-25(12-17-29)10-6-21-4-2-3-5-23(21)25/h2-5,7,13,18,22,27H,6,8-12,14-17,19,26H2,1H3/b13-7-,20-18+. The van der Waals surface area contributed by atoms with Crippen molar-refractivity contribution < 1.29 is 4.79 Å². The molecule has 5 nitrogen and oxygen atoms in total. The first kappa shape index (κ1) is 21.0. The Bertz CT molecular complexity index is 799. The van der Waals surface area contributed by atoms with Crippen molar-refractivity contribution in [1.82, 2.24) is 15.1 Å². The highest BCUT2D eigenvalue weighted by atomic mass is 16.2. The van der Waals surface area contributed by atoms with Crippen LogP contribution in [0.25, 0.3) is 0 Å². The highest BCUT2D eigenvalue weighted by molar-refractivity contribution is 5.79. The Labute approximate surface area is 181 Å². The number of aryl methyl sites for hydroxylation is 1. The molecule has 30 heavy (non-hydrogen) atoms. The van der Waals surface area contributed by atoms with Gasteiger partial charge in [-0.05, 0) is 92.2 Å². The SMILES string of the molecule is CN/C=C\C(=C/N)CN1CCC(C(=O)N2CCC3(CCc4ccccc43)CC2)CC1. The van der Waals surface area contributed by atoms with E-state index in [0.717, 1.165) is 64.0 Å². The molecule has 1 aromatic carbocycles. The zero-order valence-corrected chi connectivity index (χ0v) is 18.3. The Morgan fingerprint density at radius 1 is 1.17 bits per heavy atom. The van der Waals surface area contributed by atoms with Crippen LogP contribution in [0.1, 0.15) is 43.2 Å². The van der Waals surface area contributed by atoms with Gasteiger partial charge < -0.3 is 16.0 Å². The van der Waals surface area contributed by atoms with E-state index in [1.54, 1.807) is 11.8 Å². The molecule has 0 atom stereocenters. The number of nitrogens with two attached hydrogens (primary N) is 1. The van der Waals surface area contributed by atoms with Crippen LogP contribution in [0.15, 0.2) is 48.3 Å². The second-order valence-electron chi connectivity index (χ2n) is 9.18. The van der Waals surface area contributed by atoms with E-state index in [2.05, 4.69) is 39.4 Å². The van der Waals surface area contributed by atoms with Crippen LogP contribution in [-0.4, -0.2) is 55.5 Å². The first-order valence-electron chi connectivity index (χ1n) is 11.5. The maximum absolute atomic E-state index is 13.2. The molecular weight excluding hydrogens is 372 g/mol. The third-order valence-corrected chi connectivity index (χ3v) is 7.51. The van der Waals surface area contributed by atoms with Gasteiger partial charge >= 0.3 is 0 Å². The number of hydrogen-bond donors (Lipinski definition) is 2. The normalized spacial score (nSPS) is 22.6. The summed E-state index contributed by atoms with van der Waals surface area (Å²) in [5.41, 5.74) is 10.3. The Morgan fingerprint density at radius 2 is 1.90 bits per heavy atom. The molecule has 0 bridgehead atoms. The Hall–Kier alpha value is -2.27. The molecule has 2 saturated heterocycles. The maximum atomic E-state index is 13.2. The molecule has 5 heteroatoms. The minimum atomic E-state index is 0.185. The molecule has 1 aromatic rings. The fraction of sp³-hybridized carbons (Fsp3) is 0.560.